The molecule has 1 aliphatic rings. The van der Waals surface area contributed by atoms with Crippen LogP contribution in [0.4, 0.5) is 5.69 Å². The molecule has 7 heteroatoms. The van der Waals surface area contributed by atoms with Gasteiger partial charge in [-0.1, -0.05) is 0 Å². The molecule has 0 unspecified atom stereocenters. The van der Waals surface area contributed by atoms with E-state index < -0.39 is 7.14 Å². The molecule has 3 rings (SSSR count). The number of hydrogen-bond acceptors (Lipinski definition) is 2. The molecular formula is C17H17Br2N2O2P. The van der Waals surface area contributed by atoms with Gasteiger partial charge in [0.15, 0.2) is 0 Å². The molecule has 1 amide bonds. The first-order valence-corrected chi connectivity index (χ1v) is 11.6. The minimum Gasteiger partial charge on any atom is -0.357 e. The van der Waals surface area contributed by atoms with E-state index in [4.69, 9.17) is 0 Å². The fraction of sp³-hybridized carbons (Fsp3) is 0.235. The zero-order valence-electron chi connectivity index (χ0n) is 13.8. The van der Waals surface area contributed by atoms with Gasteiger partial charge in [0.05, 0.1) is 25.9 Å². The van der Waals surface area contributed by atoms with Crippen LogP contribution >= 0.6 is 39.0 Å². The zero-order valence-corrected chi connectivity index (χ0v) is 17.8. The lowest BCUT2D eigenvalue weighted by Gasteiger charge is -2.14. The van der Waals surface area contributed by atoms with Gasteiger partial charge in [0.25, 0.3) is 5.91 Å². The number of anilines is 1. The van der Waals surface area contributed by atoms with E-state index in [0.717, 1.165) is 42.5 Å². The average Bonchev–Trinajstić information content (AvgIpc) is 2.89. The number of amides is 1. The number of carbonyl (C=O) groups is 1. The molecule has 0 saturated carbocycles. The molecule has 24 heavy (non-hydrogen) atoms. The molecule has 0 fully saturated rings. The van der Waals surface area contributed by atoms with Gasteiger partial charge in [-0.25, -0.2) is 0 Å². The van der Waals surface area contributed by atoms with Gasteiger partial charge in [-0.15, -0.1) is 0 Å². The van der Waals surface area contributed by atoms with Crippen molar-refractivity contribution in [2.75, 3.05) is 18.6 Å². The summed E-state index contributed by atoms with van der Waals surface area (Å²) in [4.78, 5) is 15.8. The molecule has 0 spiro atoms. The summed E-state index contributed by atoms with van der Waals surface area (Å²) in [6.45, 7) is 7.34. The van der Waals surface area contributed by atoms with Crippen molar-refractivity contribution in [3.8, 4) is 0 Å². The molecule has 0 radical (unpaired) electrons. The molecular weight excluding hydrogens is 455 g/mol. The van der Waals surface area contributed by atoms with Crippen molar-refractivity contribution in [3.05, 3.63) is 43.6 Å². The van der Waals surface area contributed by atoms with E-state index in [1.54, 1.807) is 19.4 Å². The van der Waals surface area contributed by atoms with Gasteiger partial charge >= 0.3 is 0 Å². The molecule has 4 nitrogen and oxygen atoms in total. The Morgan fingerprint density at radius 1 is 1.12 bits per heavy atom. The molecule has 2 aromatic rings. The van der Waals surface area contributed by atoms with E-state index in [0.29, 0.717) is 5.57 Å². The van der Waals surface area contributed by atoms with Crippen LogP contribution < -0.4 is 10.6 Å². The van der Waals surface area contributed by atoms with Crippen LogP contribution in [0, 0.1) is 13.8 Å². The first-order valence-electron chi connectivity index (χ1n) is 7.36. The summed E-state index contributed by atoms with van der Waals surface area (Å²) in [5.74, 6) is -0.180. The number of aromatic amines is 1. The Kier molecular flexibility index (Phi) is 4.44. The summed E-state index contributed by atoms with van der Waals surface area (Å²) in [5.41, 5.74) is 4.74. The summed E-state index contributed by atoms with van der Waals surface area (Å²) >= 11 is 7.03. The standard InChI is InChI=1S/C17H17Br2N2O2P/c1-8-5-11-14(13(6-8)24(3,4)23)10(17(22)21-11)7-12-16(19)15(18)9(2)20-12/h5-7,20H,1-4H3,(H,21,22)/b10-7-. The summed E-state index contributed by atoms with van der Waals surface area (Å²) in [7, 11) is -2.54. The number of aryl methyl sites for hydroxylation is 2. The number of halogens is 2. The minimum atomic E-state index is -2.54. The van der Waals surface area contributed by atoms with Crippen LogP contribution in [-0.4, -0.2) is 24.2 Å². The fourth-order valence-electron chi connectivity index (χ4n) is 2.85. The number of nitrogens with one attached hydrogen (secondary N) is 2. The lowest BCUT2D eigenvalue weighted by molar-refractivity contribution is -0.110. The van der Waals surface area contributed by atoms with Gasteiger partial charge < -0.3 is 14.9 Å². The second kappa shape index (κ2) is 6.01. The van der Waals surface area contributed by atoms with E-state index in [1.807, 2.05) is 26.0 Å². The van der Waals surface area contributed by atoms with Gasteiger partial charge in [-0.05, 0) is 82.8 Å². The maximum Gasteiger partial charge on any atom is 0.256 e. The maximum absolute atomic E-state index is 12.8. The van der Waals surface area contributed by atoms with E-state index in [1.165, 1.54) is 0 Å². The van der Waals surface area contributed by atoms with Crippen molar-refractivity contribution in [1.82, 2.24) is 4.98 Å². The molecule has 2 heterocycles. The van der Waals surface area contributed by atoms with E-state index >= 15 is 0 Å². The predicted molar refractivity (Wildman–Crippen MR) is 108 cm³/mol. The Hall–Kier alpha value is -1.10. The quantitative estimate of drug-likeness (QED) is 0.483. The predicted octanol–water partition coefficient (Wildman–Crippen LogP) is 4.90. The molecule has 2 N–H and O–H groups in total. The number of carbonyl (C=O) groups excluding carboxylic acids is 1. The average molecular weight is 472 g/mol. The number of rotatable bonds is 2. The SMILES string of the molecule is Cc1cc2c(c(P(C)(C)=O)c1)/C(=C/c1[nH]c(C)c(Br)c1Br)C(=O)N2. The summed E-state index contributed by atoms with van der Waals surface area (Å²) in [5, 5.41) is 3.63. The summed E-state index contributed by atoms with van der Waals surface area (Å²) in [6, 6.07) is 3.83. The van der Waals surface area contributed by atoms with E-state index in [-0.39, 0.29) is 5.91 Å². The lowest BCUT2D eigenvalue weighted by atomic mass is 10.0. The molecule has 1 aliphatic heterocycles. The molecule has 0 atom stereocenters. The van der Waals surface area contributed by atoms with Crippen molar-refractivity contribution in [1.29, 1.82) is 0 Å². The highest BCUT2D eigenvalue weighted by molar-refractivity contribution is 9.13. The van der Waals surface area contributed by atoms with Crippen LogP contribution in [0.2, 0.25) is 0 Å². The second-order valence-electron chi connectivity index (χ2n) is 6.36. The van der Waals surface area contributed by atoms with E-state index in [9.17, 15) is 9.36 Å². The van der Waals surface area contributed by atoms with Crippen LogP contribution in [0.1, 0.15) is 22.5 Å². The number of fused-ring (bicyclic) bond motifs is 1. The number of aromatic nitrogens is 1. The topological polar surface area (TPSA) is 62.0 Å². The smallest absolute Gasteiger partial charge is 0.256 e. The van der Waals surface area contributed by atoms with Gasteiger partial charge in [-0.2, -0.15) is 0 Å². The molecule has 0 bridgehead atoms. The number of H-pyrrole nitrogens is 1. The third-order valence-electron chi connectivity index (χ3n) is 3.97. The fourth-order valence-corrected chi connectivity index (χ4v) is 4.97. The Labute approximate surface area is 157 Å². The highest BCUT2D eigenvalue weighted by Crippen LogP contribution is 2.44. The molecule has 0 aliphatic carbocycles. The van der Waals surface area contributed by atoms with Crippen molar-refractivity contribution < 1.29 is 9.36 Å². The maximum atomic E-state index is 12.8. The summed E-state index contributed by atoms with van der Waals surface area (Å²) in [6.07, 6.45) is 1.80. The van der Waals surface area contributed by atoms with Gasteiger partial charge in [0.1, 0.15) is 7.14 Å². The molecule has 1 aromatic heterocycles. The Bertz CT molecular complexity index is 954. The van der Waals surface area contributed by atoms with Crippen molar-refractivity contribution in [2.45, 2.75) is 13.8 Å². The van der Waals surface area contributed by atoms with Crippen molar-refractivity contribution in [2.24, 2.45) is 0 Å². The van der Waals surface area contributed by atoms with Gasteiger partial charge in [-0.3, -0.25) is 4.79 Å². The van der Waals surface area contributed by atoms with Crippen molar-refractivity contribution >= 4 is 67.6 Å². The van der Waals surface area contributed by atoms with Crippen LogP contribution in [0.3, 0.4) is 0 Å². The Morgan fingerprint density at radius 2 is 1.79 bits per heavy atom. The Balaban J connectivity index is 2.27. The summed E-state index contributed by atoms with van der Waals surface area (Å²) < 4.78 is 14.6. The molecule has 126 valence electrons. The first kappa shape index (κ1) is 17.7. The third kappa shape index (κ3) is 2.96. The molecule has 1 aromatic carbocycles. The lowest BCUT2D eigenvalue weighted by Crippen LogP contribution is -2.10. The van der Waals surface area contributed by atoms with Crippen LogP contribution in [0.25, 0.3) is 11.6 Å². The van der Waals surface area contributed by atoms with Crippen LogP contribution in [0.5, 0.6) is 0 Å². The van der Waals surface area contributed by atoms with Gasteiger partial charge in [0.2, 0.25) is 0 Å². The van der Waals surface area contributed by atoms with Crippen LogP contribution in [0.15, 0.2) is 21.1 Å². The van der Waals surface area contributed by atoms with Gasteiger partial charge in [0, 0.05) is 16.6 Å². The normalized spacial score (nSPS) is 15.8. The monoisotopic (exact) mass is 470 g/mol. The van der Waals surface area contributed by atoms with Crippen LogP contribution in [-0.2, 0) is 9.36 Å². The minimum absolute atomic E-state index is 0.180. The molecule has 0 saturated heterocycles. The number of hydrogen-bond donors (Lipinski definition) is 2. The Morgan fingerprint density at radius 3 is 2.33 bits per heavy atom. The number of benzene rings is 1. The highest BCUT2D eigenvalue weighted by Gasteiger charge is 2.31. The third-order valence-corrected chi connectivity index (χ3v) is 7.83. The largest absolute Gasteiger partial charge is 0.357 e. The second-order valence-corrected chi connectivity index (χ2v) is 11.1. The first-order chi connectivity index (χ1) is 11.1. The highest BCUT2D eigenvalue weighted by atomic mass is 79.9. The van der Waals surface area contributed by atoms with E-state index in [2.05, 4.69) is 42.2 Å². The van der Waals surface area contributed by atoms with Crippen molar-refractivity contribution in [3.63, 3.8) is 0 Å². The zero-order chi connectivity index (χ0) is 17.8.